The highest BCUT2D eigenvalue weighted by Gasteiger charge is 2.24. The molecule has 0 spiro atoms. The number of carbonyl (C=O) groups is 2. The van der Waals surface area contributed by atoms with Gasteiger partial charge in [0.15, 0.2) is 17.3 Å². The molecule has 1 saturated heterocycles. The summed E-state index contributed by atoms with van der Waals surface area (Å²) in [5.41, 5.74) is -1.01. The Morgan fingerprint density at radius 3 is 2.29 bits per heavy atom. The number of nitrogens with zero attached hydrogens (tertiary/aromatic N) is 4. The lowest BCUT2D eigenvalue weighted by atomic mass is 10.1. The van der Waals surface area contributed by atoms with Crippen LogP contribution in [0.3, 0.4) is 0 Å². The molecule has 3 aromatic rings. The van der Waals surface area contributed by atoms with Crippen LogP contribution in [0.2, 0.25) is 0 Å². The van der Waals surface area contributed by atoms with Gasteiger partial charge < -0.3 is 19.5 Å². The van der Waals surface area contributed by atoms with Crippen molar-refractivity contribution in [2.45, 2.75) is 6.92 Å². The lowest BCUT2D eigenvalue weighted by molar-refractivity contribution is -0.129. The molecule has 0 aliphatic carbocycles. The molecule has 2 aromatic heterocycles. The molecular weight excluding hydrogens is 410 g/mol. The summed E-state index contributed by atoms with van der Waals surface area (Å²) in [5.74, 6) is -2.80. The van der Waals surface area contributed by atoms with E-state index in [1.807, 2.05) is 0 Å². The molecule has 31 heavy (non-hydrogen) atoms. The zero-order valence-corrected chi connectivity index (χ0v) is 16.5. The fourth-order valence-corrected chi connectivity index (χ4v) is 3.62. The predicted molar refractivity (Wildman–Crippen MR) is 109 cm³/mol. The molecule has 4 rings (SSSR count). The third kappa shape index (κ3) is 3.72. The second kappa shape index (κ2) is 7.78. The zero-order valence-electron chi connectivity index (χ0n) is 16.5. The molecule has 160 valence electrons. The first kappa shape index (κ1) is 20.5. The van der Waals surface area contributed by atoms with E-state index in [1.54, 1.807) is 9.80 Å². The van der Waals surface area contributed by atoms with Gasteiger partial charge in [0, 0.05) is 45.0 Å². The van der Waals surface area contributed by atoms with Crippen LogP contribution in [0.5, 0.6) is 0 Å². The van der Waals surface area contributed by atoms with Crippen molar-refractivity contribution >= 4 is 28.7 Å². The van der Waals surface area contributed by atoms with Gasteiger partial charge in [0.2, 0.25) is 11.3 Å². The van der Waals surface area contributed by atoms with E-state index in [9.17, 15) is 28.3 Å². The summed E-state index contributed by atoms with van der Waals surface area (Å²) in [6, 6.07) is 6.16. The molecular formula is C21H18F2N4O4. The number of aromatic carboxylic acids is 1. The lowest BCUT2D eigenvalue weighted by Crippen LogP contribution is -2.48. The Hall–Kier alpha value is -3.82. The van der Waals surface area contributed by atoms with Crippen molar-refractivity contribution in [3.8, 4) is 5.69 Å². The smallest absolute Gasteiger partial charge is 0.341 e. The summed E-state index contributed by atoms with van der Waals surface area (Å²) in [6.45, 7) is 2.96. The highest BCUT2D eigenvalue weighted by Crippen LogP contribution is 2.24. The quantitative estimate of drug-likeness (QED) is 0.686. The van der Waals surface area contributed by atoms with Gasteiger partial charge in [-0.3, -0.25) is 9.59 Å². The standard InChI is InChI=1S/C21H18F2N4O4/c1-12(28)25-6-8-26(9-7-25)20-17(23)10-15-18(29)16(21(30)31)11-27(19(15)24-20)14-4-2-13(22)3-5-14/h2-5,10-11H,6-9H2,1H3,(H,30,31). The SMILES string of the molecule is CC(=O)N1CCN(c2nc3c(cc2F)c(=O)c(C(=O)O)cn3-c2ccc(F)cc2)CC1. The largest absolute Gasteiger partial charge is 0.477 e. The molecule has 3 heterocycles. The minimum absolute atomic E-state index is 0.00552. The van der Waals surface area contributed by atoms with Crippen LogP contribution in [0.4, 0.5) is 14.6 Å². The van der Waals surface area contributed by atoms with Crippen molar-refractivity contribution in [3.05, 3.63) is 63.9 Å². The Balaban J connectivity index is 1.89. The normalized spacial score (nSPS) is 14.2. The average Bonchev–Trinajstić information content (AvgIpc) is 2.74. The molecule has 0 saturated carbocycles. The third-order valence-corrected chi connectivity index (χ3v) is 5.27. The van der Waals surface area contributed by atoms with Gasteiger partial charge in [-0.05, 0) is 30.3 Å². The monoisotopic (exact) mass is 428 g/mol. The highest BCUT2D eigenvalue weighted by atomic mass is 19.1. The Morgan fingerprint density at radius 1 is 1.06 bits per heavy atom. The molecule has 1 aliphatic rings. The van der Waals surface area contributed by atoms with Gasteiger partial charge in [0.25, 0.3) is 0 Å². The number of benzene rings is 1. The van der Waals surface area contributed by atoms with Crippen LogP contribution >= 0.6 is 0 Å². The maximum Gasteiger partial charge on any atom is 0.341 e. The minimum Gasteiger partial charge on any atom is -0.477 e. The van der Waals surface area contributed by atoms with E-state index in [4.69, 9.17) is 0 Å². The first-order valence-electron chi connectivity index (χ1n) is 9.52. The number of carboxylic acids is 1. The summed E-state index contributed by atoms with van der Waals surface area (Å²) >= 11 is 0. The van der Waals surface area contributed by atoms with E-state index < -0.39 is 28.6 Å². The highest BCUT2D eigenvalue weighted by molar-refractivity contribution is 5.92. The third-order valence-electron chi connectivity index (χ3n) is 5.27. The summed E-state index contributed by atoms with van der Waals surface area (Å²) in [5, 5.41) is 9.21. The van der Waals surface area contributed by atoms with E-state index in [0.29, 0.717) is 31.9 Å². The van der Waals surface area contributed by atoms with Gasteiger partial charge >= 0.3 is 5.97 Å². The van der Waals surface area contributed by atoms with Gasteiger partial charge in [-0.2, -0.15) is 0 Å². The van der Waals surface area contributed by atoms with E-state index in [1.165, 1.54) is 35.8 Å². The van der Waals surface area contributed by atoms with Gasteiger partial charge in [0.05, 0.1) is 5.39 Å². The van der Waals surface area contributed by atoms with Crippen LogP contribution in [0.1, 0.15) is 17.3 Å². The molecule has 0 unspecified atom stereocenters. The van der Waals surface area contributed by atoms with Crippen molar-refractivity contribution in [1.82, 2.24) is 14.5 Å². The van der Waals surface area contributed by atoms with Crippen LogP contribution in [0.25, 0.3) is 16.7 Å². The van der Waals surface area contributed by atoms with Crippen LogP contribution in [0, 0.1) is 11.6 Å². The van der Waals surface area contributed by atoms with Gasteiger partial charge in [-0.15, -0.1) is 0 Å². The molecule has 0 radical (unpaired) electrons. The number of fused-ring (bicyclic) bond motifs is 1. The van der Waals surface area contributed by atoms with Gasteiger partial charge in [0.1, 0.15) is 11.4 Å². The van der Waals surface area contributed by atoms with Crippen molar-refractivity contribution < 1.29 is 23.5 Å². The van der Waals surface area contributed by atoms with Crippen LogP contribution in [-0.4, -0.2) is 57.6 Å². The van der Waals surface area contributed by atoms with Gasteiger partial charge in [-0.25, -0.2) is 18.6 Å². The molecule has 1 amide bonds. The van der Waals surface area contributed by atoms with Crippen LogP contribution < -0.4 is 10.3 Å². The summed E-state index contributed by atoms with van der Waals surface area (Å²) < 4.78 is 29.6. The molecule has 0 atom stereocenters. The maximum atomic E-state index is 14.9. The number of hydrogen-bond acceptors (Lipinski definition) is 5. The lowest BCUT2D eigenvalue weighted by Gasteiger charge is -2.35. The predicted octanol–water partition coefficient (Wildman–Crippen LogP) is 2.03. The number of aromatic nitrogens is 2. The molecule has 1 fully saturated rings. The molecule has 0 bridgehead atoms. The number of anilines is 1. The molecule has 1 aromatic carbocycles. The number of halogens is 2. The number of rotatable bonds is 3. The van der Waals surface area contributed by atoms with E-state index in [-0.39, 0.29) is 22.8 Å². The van der Waals surface area contributed by atoms with E-state index in [0.717, 1.165) is 12.3 Å². The van der Waals surface area contributed by atoms with Crippen LogP contribution in [0.15, 0.2) is 41.3 Å². The second-order valence-corrected chi connectivity index (χ2v) is 7.18. The topological polar surface area (TPSA) is 95.7 Å². The van der Waals surface area contributed by atoms with E-state index in [2.05, 4.69) is 4.98 Å². The fraction of sp³-hybridized carbons (Fsp3) is 0.238. The first-order chi connectivity index (χ1) is 14.8. The minimum atomic E-state index is -1.47. The number of amides is 1. The molecule has 1 aliphatic heterocycles. The Kier molecular flexibility index (Phi) is 5.14. The van der Waals surface area contributed by atoms with Crippen molar-refractivity contribution in [2.75, 3.05) is 31.1 Å². The molecule has 10 heteroatoms. The summed E-state index contributed by atoms with van der Waals surface area (Å²) in [6.07, 6.45) is 1.10. The number of carboxylic acid groups (broad SMARTS) is 1. The summed E-state index contributed by atoms with van der Waals surface area (Å²) in [7, 11) is 0. The van der Waals surface area contributed by atoms with Crippen molar-refractivity contribution in [1.29, 1.82) is 0 Å². The zero-order chi connectivity index (χ0) is 22.3. The average molecular weight is 428 g/mol. The molecule has 1 N–H and O–H groups in total. The maximum absolute atomic E-state index is 14.9. The number of carbonyl (C=O) groups excluding carboxylic acids is 1. The molecule has 8 nitrogen and oxygen atoms in total. The van der Waals surface area contributed by atoms with Crippen LogP contribution in [-0.2, 0) is 4.79 Å². The summed E-state index contributed by atoms with van der Waals surface area (Å²) in [4.78, 5) is 43.4. The first-order valence-corrected chi connectivity index (χ1v) is 9.52. The number of pyridine rings is 2. The Labute approximate surface area is 174 Å². The van der Waals surface area contributed by atoms with E-state index >= 15 is 0 Å². The van der Waals surface area contributed by atoms with Crippen molar-refractivity contribution in [2.24, 2.45) is 0 Å². The Morgan fingerprint density at radius 2 is 1.71 bits per heavy atom. The number of hydrogen-bond donors (Lipinski definition) is 1. The van der Waals surface area contributed by atoms with Crippen molar-refractivity contribution in [3.63, 3.8) is 0 Å². The number of piperazine rings is 1. The Bertz CT molecular complexity index is 1250. The fourth-order valence-electron chi connectivity index (χ4n) is 3.62. The van der Waals surface area contributed by atoms with Gasteiger partial charge in [-0.1, -0.05) is 0 Å². The second-order valence-electron chi connectivity index (χ2n) is 7.18.